The van der Waals surface area contributed by atoms with Gasteiger partial charge in [0.05, 0.1) is 32.1 Å². The van der Waals surface area contributed by atoms with E-state index in [0.717, 1.165) is 40.7 Å². The molecule has 1 aromatic heterocycles. The van der Waals surface area contributed by atoms with E-state index in [1.165, 1.54) is 0 Å². The maximum atomic E-state index is 5.53. The molecule has 134 valence electrons. The van der Waals surface area contributed by atoms with Gasteiger partial charge >= 0.3 is 0 Å². The first kappa shape index (κ1) is 20.1. The van der Waals surface area contributed by atoms with Crippen LogP contribution in [-0.2, 0) is 20.1 Å². The number of halogens is 1. The first-order valence-electron chi connectivity index (χ1n) is 7.67. The number of nitrogens with one attached hydrogen (secondary N) is 1. The van der Waals surface area contributed by atoms with Crippen molar-refractivity contribution in [2.24, 2.45) is 7.05 Å². The Kier molecular flexibility index (Phi) is 7.88. The molecule has 1 aromatic carbocycles. The lowest BCUT2D eigenvalue weighted by Gasteiger charge is -2.12. The van der Waals surface area contributed by atoms with E-state index in [-0.39, 0.29) is 12.4 Å². The predicted octanol–water partition coefficient (Wildman–Crippen LogP) is 2.86. The number of benzene rings is 1. The zero-order valence-corrected chi connectivity index (χ0v) is 15.7. The standard InChI is InChI=1S/C17H25N3O3.ClH/c1-6-23-15-8-7-13(9-16(15)21-4)10-18-11-14-12(2)19-20(3)17(14)22-5;/h7-9,18H,6,10-11H2,1-5H3;1H. The second kappa shape index (κ2) is 9.39. The van der Waals surface area contributed by atoms with Crippen molar-refractivity contribution in [3.05, 3.63) is 35.0 Å². The fourth-order valence-corrected chi connectivity index (χ4v) is 2.57. The smallest absolute Gasteiger partial charge is 0.216 e. The number of rotatable bonds is 8. The van der Waals surface area contributed by atoms with Crippen LogP contribution in [0.4, 0.5) is 0 Å². The third-order valence-electron chi connectivity index (χ3n) is 3.64. The second-order valence-corrected chi connectivity index (χ2v) is 5.22. The van der Waals surface area contributed by atoms with Crippen LogP contribution in [0, 0.1) is 6.92 Å². The van der Waals surface area contributed by atoms with Gasteiger partial charge in [0, 0.05) is 20.1 Å². The van der Waals surface area contributed by atoms with Gasteiger partial charge < -0.3 is 19.5 Å². The molecule has 0 aliphatic rings. The van der Waals surface area contributed by atoms with Crippen molar-refractivity contribution in [2.45, 2.75) is 26.9 Å². The van der Waals surface area contributed by atoms with Crippen molar-refractivity contribution < 1.29 is 14.2 Å². The molecule has 0 saturated carbocycles. The second-order valence-electron chi connectivity index (χ2n) is 5.22. The van der Waals surface area contributed by atoms with E-state index in [2.05, 4.69) is 10.4 Å². The zero-order valence-electron chi connectivity index (χ0n) is 14.9. The number of aromatic nitrogens is 2. The zero-order chi connectivity index (χ0) is 16.8. The summed E-state index contributed by atoms with van der Waals surface area (Å²) in [6.45, 7) is 5.98. The molecule has 0 atom stereocenters. The molecule has 1 N–H and O–H groups in total. The van der Waals surface area contributed by atoms with Gasteiger partial charge in [-0.3, -0.25) is 0 Å². The molecule has 2 aromatic rings. The Hall–Kier alpha value is -1.92. The third kappa shape index (κ3) is 4.55. The molecule has 0 fully saturated rings. The average molecular weight is 356 g/mol. The highest BCUT2D eigenvalue weighted by Gasteiger charge is 2.13. The monoisotopic (exact) mass is 355 g/mol. The van der Waals surface area contributed by atoms with Crippen LogP contribution < -0.4 is 19.5 Å². The lowest BCUT2D eigenvalue weighted by Crippen LogP contribution is -2.14. The molecule has 24 heavy (non-hydrogen) atoms. The van der Waals surface area contributed by atoms with Gasteiger partial charge in [-0.15, -0.1) is 12.4 Å². The van der Waals surface area contributed by atoms with Crippen LogP contribution in [0.3, 0.4) is 0 Å². The Morgan fingerprint density at radius 2 is 1.88 bits per heavy atom. The first-order chi connectivity index (χ1) is 11.1. The molecule has 0 spiro atoms. The first-order valence-corrected chi connectivity index (χ1v) is 7.67. The molecule has 2 rings (SSSR count). The van der Waals surface area contributed by atoms with Crippen molar-refractivity contribution >= 4 is 12.4 Å². The molecule has 1 heterocycles. The topological polar surface area (TPSA) is 57.5 Å². The van der Waals surface area contributed by atoms with E-state index in [4.69, 9.17) is 14.2 Å². The summed E-state index contributed by atoms with van der Waals surface area (Å²) in [5.74, 6) is 2.31. The molecule has 0 aliphatic heterocycles. The fraction of sp³-hybridized carbons (Fsp3) is 0.471. The highest BCUT2D eigenvalue weighted by atomic mass is 35.5. The molecule has 0 saturated heterocycles. The number of hydrogen-bond acceptors (Lipinski definition) is 5. The van der Waals surface area contributed by atoms with Crippen LogP contribution in [0.25, 0.3) is 0 Å². The molecule has 0 aliphatic carbocycles. The minimum Gasteiger partial charge on any atom is -0.493 e. The van der Waals surface area contributed by atoms with Crippen molar-refractivity contribution in [1.29, 1.82) is 0 Å². The average Bonchev–Trinajstić information content (AvgIpc) is 2.82. The van der Waals surface area contributed by atoms with E-state index in [0.29, 0.717) is 13.2 Å². The number of nitrogens with zero attached hydrogens (tertiary/aromatic N) is 2. The number of aryl methyl sites for hydroxylation is 2. The van der Waals surface area contributed by atoms with Crippen LogP contribution in [0.2, 0.25) is 0 Å². The van der Waals surface area contributed by atoms with Crippen LogP contribution in [0.5, 0.6) is 17.4 Å². The predicted molar refractivity (Wildman–Crippen MR) is 96.5 cm³/mol. The SMILES string of the molecule is CCOc1ccc(CNCc2c(C)nn(C)c2OC)cc1OC.Cl. The summed E-state index contributed by atoms with van der Waals surface area (Å²) in [6.07, 6.45) is 0. The van der Waals surface area contributed by atoms with Gasteiger partial charge in [0.2, 0.25) is 5.88 Å². The lowest BCUT2D eigenvalue weighted by molar-refractivity contribution is 0.310. The highest BCUT2D eigenvalue weighted by molar-refractivity contribution is 5.85. The molecule has 0 radical (unpaired) electrons. The lowest BCUT2D eigenvalue weighted by atomic mass is 10.2. The maximum Gasteiger partial charge on any atom is 0.216 e. The van der Waals surface area contributed by atoms with E-state index in [9.17, 15) is 0 Å². The van der Waals surface area contributed by atoms with E-state index >= 15 is 0 Å². The van der Waals surface area contributed by atoms with Crippen molar-refractivity contribution in [3.8, 4) is 17.4 Å². The van der Waals surface area contributed by atoms with E-state index in [1.807, 2.05) is 39.1 Å². The Morgan fingerprint density at radius 1 is 1.12 bits per heavy atom. The summed E-state index contributed by atoms with van der Waals surface area (Å²) in [5, 5.41) is 7.80. The Balaban J connectivity index is 0.00000288. The summed E-state index contributed by atoms with van der Waals surface area (Å²) in [6, 6.07) is 5.97. The van der Waals surface area contributed by atoms with Gasteiger partial charge in [-0.25, -0.2) is 4.68 Å². The van der Waals surface area contributed by atoms with Crippen LogP contribution in [0.15, 0.2) is 18.2 Å². The molecular formula is C17H26ClN3O3. The molecule has 0 bridgehead atoms. The van der Waals surface area contributed by atoms with E-state index < -0.39 is 0 Å². The third-order valence-corrected chi connectivity index (χ3v) is 3.64. The van der Waals surface area contributed by atoms with Gasteiger partial charge in [-0.2, -0.15) is 5.10 Å². The minimum absolute atomic E-state index is 0. The molecular weight excluding hydrogens is 330 g/mol. The highest BCUT2D eigenvalue weighted by Crippen LogP contribution is 2.28. The largest absolute Gasteiger partial charge is 0.493 e. The Labute approximate surface area is 149 Å². The molecule has 0 unspecified atom stereocenters. The van der Waals surface area contributed by atoms with Crippen molar-refractivity contribution in [3.63, 3.8) is 0 Å². The minimum atomic E-state index is 0. The fourth-order valence-electron chi connectivity index (χ4n) is 2.57. The van der Waals surface area contributed by atoms with Crippen LogP contribution in [-0.4, -0.2) is 30.6 Å². The van der Waals surface area contributed by atoms with Gasteiger partial charge in [0.15, 0.2) is 11.5 Å². The molecule has 7 heteroatoms. The number of methoxy groups -OCH3 is 2. The summed E-state index contributed by atoms with van der Waals surface area (Å²) < 4.78 is 18.1. The normalized spacial score (nSPS) is 10.2. The van der Waals surface area contributed by atoms with Gasteiger partial charge in [-0.1, -0.05) is 6.07 Å². The summed E-state index contributed by atoms with van der Waals surface area (Å²) in [4.78, 5) is 0. The van der Waals surface area contributed by atoms with Crippen molar-refractivity contribution in [1.82, 2.24) is 15.1 Å². The Morgan fingerprint density at radius 3 is 2.50 bits per heavy atom. The summed E-state index contributed by atoms with van der Waals surface area (Å²) in [7, 11) is 5.20. The van der Waals surface area contributed by atoms with Gasteiger partial charge in [0.25, 0.3) is 0 Å². The summed E-state index contributed by atoms with van der Waals surface area (Å²) in [5.41, 5.74) is 3.18. The van der Waals surface area contributed by atoms with Gasteiger partial charge in [-0.05, 0) is 31.5 Å². The maximum absolute atomic E-state index is 5.53. The Bertz CT molecular complexity index is 659. The van der Waals surface area contributed by atoms with Crippen LogP contribution >= 0.6 is 12.4 Å². The summed E-state index contributed by atoms with van der Waals surface area (Å²) >= 11 is 0. The van der Waals surface area contributed by atoms with Crippen LogP contribution in [0.1, 0.15) is 23.7 Å². The van der Waals surface area contributed by atoms with Crippen molar-refractivity contribution in [2.75, 3.05) is 20.8 Å². The number of ether oxygens (including phenoxy) is 3. The van der Waals surface area contributed by atoms with Gasteiger partial charge in [0.1, 0.15) is 0 Å². The number of hydrogen-bond donors (Lipinski definition) is 1. The quantitative estimate of drug-likeness (QED) is 0.789. The van der Waals surface area contributed by atoms with E-state index in [1.54, 1.807) is 18.9 Å². The molecule has 0 amide bonds. The molecule has 6 nitrogen and oxygen atoms in total.